The molecule has 3 rings (SSSR count). The highest BCUT2D eigenvalue weighted by molar-refractivity contribution is 6.31. The molecule has 1 aliphatic carbocycles. The SMILES string of the molecule is CC1(n2nnnc2-c2ccc(Cl)cc2N)CCC1. The van der Waals surface area contributed by atoms with E-state index < -0.39 is 0 Å². The van der Waals surface area contributed by atoms with E-state index in [4.69, 9.17) is 17.3 Å². The fourth-order valence-corrected chi connectivity index (χ4v) is 2.54. The predicted molar refractivity (Wildman–Crippen MR) is 70.2 cm³/mol. The molecule has 94 valence electrons. The molecule has 1 fully saturated rings. The summed E-state index contributed by atoms with van der Waals surface area (Å²) in [6.07, 6.45) is 3.41. The molecule has 5 nitrogen and oxygen atoms in total. The Morgan fingerprint density at radius 3 is 2.78 bits per heavy atom. The third-order valence-electron chi connectivity index (χ3n) is 3.67. The Bertz CT molecular complexity index is 588. The van der Waals surface area contributed by atoms with Gasteiger partial charge in [0.25, 0.3) is 0 Å². The van der Waals surface area contributed by atoms with Crippen LogP contribution in [0.25, 0.3) is 11.4 Å². The maximum Gasteiger partial charge on any atom is 0.184 e. The second-order valence-corrected chi connectivity index (χ2v) is 5.43. The Balaban J connectivity index is 2.10. The number of anilines is 1. The van der Waals surface area contributed by atoms with Crippen LogP contribution in [-0.4, -0.2) is 20.2 Å². The van der Waals surface area contributed by atoms with Crippen LogP contribution in [0.1, 0.15) is 26.2 Å². The quantitative estimate of drug-likeness (QED) is 0.845. The number of hydrogen-bond donors (Lipinski definition) is 1. The van der Waals surface area contributed by atoms with E-state index in [0.29, 0.717) is 16.5 Å². The molecular formula is C12H14ClN5. The molecule has 0 unspecified atom stereocenters. The van der Waals surface area contributed by atoms with Crippen LogP contribution in [0.2, 0.25) is 5.02 Å². The molecule has 0 amide bonds. The van der Waals surface area contributed by atoms with E-state index in [9.17, 15) is 0 Å². The second kappa shape index (κ2) is 3.95. The van der Waals surface area contributed by atoms with Crippen molar-refractivity contribution in [2.24, 2.45) is 0 Å². The van der Waals surface area contributed by atoms with Crippen molar-refractivity contribution in [1.82, 2.24) is 20.2 Å². The first-order valence-corrected chi connectivity index (χ1v) is 6.32. The summed E-state index contributed by atoms with van der Waals surface area (Å²) in [7, 11) is 0. The molecule has 0 bridgehead atoms. The Hall–Kier alpha value is -1.62. The monoisotopic (exact) mass is 263 g/mol. The number of nitrogen functional groups attached to an aromatic ring is 1. The summed E-state index contributed by atoms with van der Waals surface area (Å²) in [5.41, 5.74) is 7.44. The van der Waals surface area contributed by atoms with Gasteiger partial charge in [-0.3, -0.25) is 0 Å². The summed E-state index contributed by atoms with van der Waals surface area (Å²) in [4.78, 5) is 0. The molecular weight excluding hydrogens is 250 g/mol. The first-order valence-electron chi connectivity index (χ1n) is 5.94. The summed E-state index contributed by atoms with van der Waals surface area (Å²) in [5, 5.41) is 12.6. The summed E-state index contributed by atoms with van der Waals surface area (Å²) >= 11 is 5.91. The number of nitrogens with zero attached hydrogens (tertiary/aromatic N) is 4. The lowest BCUT2D eigenvalue weighted by Crippen LogP contribution is -2.38. The minimum absolute atomic E-state index is 0.0188. The van der Waals surface area contributed by atoms with Crippen molar-refractivity contribution in [3.05, 3.63) is 23.2 Å². The molecule has 1 heterocycles. The van der Waals surface area contributed by atoms with E-state index in [0.717, 1.165) is 18.4 Å². The minimum Gasteiger partial charge on any atom is -0.398 e. The van der Waals surface area contributed by atoms with Crippen molar-refractivity contribution in [1.29, 1.82) is 0 Å². The Morgan fingerprint density at radius 1 is 1.39 bits per heavy atom. The van der Waals surface area contributed by atoms with E-state index >= 15 is 0 Å². The first kappa shape index (κ1) is 11.5. The maximum absolute atomic E-state index is 5.99. The smallest absolute Gasteiger partial charge is 0.184 e. The van der Waals surface area contributed by atoms with Crippen LogP contribution in [0.15, 0.2) is 18.2 Å². The fraction of sp³-hybridized carbons (Fsp3) is 0.417. The molecule has 2 N–H and O–H groups in total. The fourth-order valence-electron chi connectivity index (χ4n) is 2.36. The first-order chi connectivity index (χ1) is 8.60. The van der Waals surface area contributed by atoms with E-state index in [2.05, 4.69) is 22.4 Å². The third kappa shape index (κ3) is 1.66. The van der Waals surface area contributed by atoms with Crippen LogP contribution in [0.4, 0.5) is 5.69 Å². The lowest BCUT2D eigenvalue weighted by atomic mass is 9.78. The van der Waals surface area contributed by atoms with Gasteiger partial charge in [0, 0.05) is 16.3 Å². The average Bonchev–Trinajstić information content (AvgIpc) is 2.75. The molecule has 0 radical (unpaired) electrons. The molecule has 1 saturated carbocycles. The van der Waals surface area contributed by atoms with Crippen LogP contribution < -0.4 is 5.73 Å². The van der Waals surface area contributed by atoms with Gasteiger partial charge < -0.3 is 5.73 Å². The van der Waals surface area contributed by atoms with Gasteiger partial charge in [0.05, 0.1) is 5.54 Å². The summed E-state index contributed by atoms with van der Waals surface area (Å²) < 4.78 is 1.89. The van der Waals surface area contributed by atoms with Crippen molar-refractivity contribution in [3.63, 3.8) is 0 Å². The molecule has 0 aliphatic heterocycles. The molecule has 18 heavy (non-hydrogen) atoms. The third-order valence-corrected chi connectivity index (χ3v) is 3.90. The molecule has 0 atom stereocenters. The van der Waals surface area contributed by atoms with E-state index in [1.165, 1.54) is 6.42 Å². The van der Waals surface area contributed by atoms with Gasteiger partial charge in [0.1, 0.15) is 0 Å². The van der Waals surface area contributed by atoms with Crippen molar-refractivity contribution >= 4 is 17.3 Å². The van der Waals surface area contributed by atoms with Crippen LogP contribution in [0.3, 0.4) is 0 Å². The zero-order valence-electron chi connectivity index (χ0n) is 10.1. The highest BCUT2D eigenvalue weighted by atomic mass is 35.5. The Labute approximate surface area is 110 Å². The lowest BCUT2D eigenvalue weighted by molar-refractivity contribution is 0.148. The molecule has 1 aromatic heterocycles. The largest absolute Gasteiger partial charge is 0.398 e. The molecule has 1 aromatic carbocycles. The van der Waals surface area contributed by atoms with Crippen molar-refractivity contribution in [3.8, 4) is 11.4 Å². The van der Waals surface area contributed by atoms with Crippen LogP contribution in [0, 0.1) is 0 Å². The highest BCUT2D eigenvalue weighted by Crippen LogP contribution is 2.40. The van der Waals surface area contributed by atoms with Crippen LogP contribution >= 0.6 is 11.6 Å². The van der Waals surface area contributed by atoms with Gasteiger partial charge in [-0.15, -0.1) is 5.10 Å². The topological polar surface area (TPSA) is 69.6 Å². The van der Waals surface area contributed by atoms with Crippen molar-refractivity contribution < 1.29 is 0 Å². The number of rotatable bonds is 2. The number of nitrogens with two attached hydrogens (primary N) is 1. The van der Waals surface area contributed by atoms with Crippen LogP contribution in [-0.2, 0) is 5.54 Å². The van der Waals surface area contributed by atoms with Gasteiger partial charge in [-0.1, -0.05) is 11.6 Å². The predicted octanol–water partition coefficient (Wildman–Crippen LogP) is 2.47. The second-order valence-electron chi connectivity index (χ2n) is 5.00. The number of halogens is 1. The van der Waals surface area contributed by atoms with Gasteiger partial charge in [0.2, 0.25) is 0 Å². The zero-order valence-corrected chi connectivity index (χ0v) is 10.9. The van der Waals surface area contributed by atoms with Crippen molar-refractivity contribution in [2.75, 3.05) is 5.73 Å². The zero-order chi connectivity index (χ0) is 12.8. The number of tetrazole rings is 1. The van der Waals surface area contributed by atoms with E-state index in [1.807, 2.05) is 10.7 Å². The highest BCUT2D eigenvalue weighted by Gasteiger charge is 2.37. The maximum atomic E-state index is 5.99. The lowest BCUT2D eigenvalue weighted by Gasteiger charge is -2.38. The number of benzene rings is 1. The minimum atomic E-state index is 0.0188. The van der Waals surface area contributed by atoms with E-state index in [1.54, 1.807) is 12.1 Å². The summed E-state index contributed by atoms with van der Waals surface area (Å²) in [6.45, 7) is 2.17. The van der Waals surface area contributed by atoms with Crippen LogP contribution in [0.5, 0.6) is 0 Å². The Kier molecular flexibility index (Phi) is 2.52. The van der Waals surface area contributed by atoms with Gasteiger partial charge in [-0.25, -0.2) is 4.68 Å². The molecule has 1 aliphatic rings. The molecule has 2 aromatic rings. The Morgan fingerprint density at radius 2 is 2.17 bits per heavy atom. The molecule has 0 saturated heterocycles. The average molecular weight is 264 g/mol. The standard InChI is InChI=1S/C12H14ClN5/c1-12(5-2-6-12)18-11(15-16-17-18)9-4-3-8(13)7-10(9)14/h3-4,7H,2,5-6,14H2,1H3. The van der Waals surface area contributed by atoms with Gasteiger partial charge in [0.15, 0.2) is 5.82 Å². The summed E-state index contributed by atoms with van der Waals surface area (Å²) in [6, 6.07) is 5.39. The number of aromatic nitrogens is 4. The van der Waals surface area contributed by atoms with E-state index in [-0.39, 0.29) is 5.54 Å². The van der Waals surface area contributed by atoms with Gasteiger partial charge in [-0.2, -0.15) is 0 Å². The van der Waals surface area contributed by atoms with Gasteiger partial charge in [-0.05, 0) is 54.8 Å². The molecule has 6 heteroatoms. The summed E-state index contributed by atoms with van der Waals surface area (Å²) in [5.74, 6) is 0.714. The molecule has 0 spiro atoms. The number of hydrogen-bond acceptors (Lipinski definition) is 4. The van der Waals surface area contributed by atoms with Crippen molar-refractivity contribution in [2.45, 2.75) is 31.7 Å². The van der Waals surface area contributed by atoms with Gasteiger partial charge >= 0.3 is 0 Å². The normalized spacial score (nSPS) is 17.4.